The molecule has 0 saturated carbocycles. The second-order valence-corrected chi connectivity index (χ2v) is 9.68. The Balaban J connectivity index is 1.60. The highest BCUT2D eigenvalue weighted by molar-refractivity contribution is 7.89. The lowest BCUT2D eigenvalue weighted by molar-refractivity contribution is 0.234. The van der Waals surface area contributed by atoms with Crippen LogP contribution in [0.1, 0.15) is 31.2 Å². The number of urea groups is 1. The predicted octanol–water partition coefficient (Wildman–Crippen LogP) is 4.54. The second-order valence-electron chi connectivity index (χ2n) is 7.35. The Morgan fingerprint density at radius 3 is 2.63 bits per heavy atom. The van der Waals surface area contributed by atoms with Gasteiger partial charge in [0.1, 0.15) is 5.82 Å². The zero-order valence-electron chi connectivity index (χ0n) is 16.7. The summed E-state index contributed by atoms with van der Waals surface area (Å²) in [6, 6.07) is 10.0. The fourth-order valence-electron chi connectivity index (χ4n) is 3.55. The Hall–Kier alpha value is -2.16. The molecule has 0 bridgehead atoms. The number of benzene rings is 2. The smallest absolute Gasteiger partial charge is 0.319 e. The monoisotopic (exact) mass is 453 g/mol. The molecule has 1 aliphatic rings. The van der Waals surface area contributed by atoms with Gasteiger partial charge in [0, 0.05) is 29.8 Å². The number of carbonyl (C=O) groups is 1. The van der Waals surface area contributed by atoms with E-state index in [9.17, 15) is 17.6 Å². The van der Waals surface area contributed by atoms with Crippen LogP contribution in [0.15, 0.2) is 47.4 Å². The zero-order chi connectivity index (χ0) is 21.7. The van der Waals surface area contributed by atoms with Gasteiger partial charge in [-0.25, -0.2) is 17.6 Å². The van der Waals surface area contributed by atoms with Crippen molar-refractivity contribution in [3.63, 3.8) is 0 Å². The molecule has 30 heavy (non-hydrogen) atoms. The molecule has 0 spiro atoms. The molecule has 6 nitrogen and oxygen atoms in total. The molecule has 162 valence electrons. The summed E-state index contributed by atoms with van der Waals surface area (Å²) in [7, 11) is -3.73. The maximum absolute atomic E-state index is 13.6. The SMILES string of the molecule is Cc1cc(S(=O)(=O)N2CCCC[C@H]2CCNC(=O)Nc2ccc(Cl)cc2)ccc1F. The number of halogens is 2. The van der Waals surface area contributed by atoms with Crippen LogP contribution in [0.5, 0.6) is 0 Å². The van der Waals surface area contributed by atoms with E-state index in [0.717, 1.165) is 19.3 Å². The molecule has 2 N–H and O–H groups in total. The third-order valence-corrected chi connectivity index (χ3v) is 7.37. The van der Waals surface area contributed by atoms with Crippen molar-refractivity contribution in [2.45, 2.75) is 43.5 Å². The minimum Gasteiger partial charge on any atom is -0.338 e. The molecule has 9 heteroatoms. The molecule has 1 saturated heterocycles. The van der Waals surface area contributed by atoms with Gasteiger partial charge < -0.3 is 10.6 Å². The van der Waals surface area contributed by atoms with Gasteiger partial charge in [-0.1, -0.05) is 18.0 Å². The average Bonchev–Trinajstić information content (AvgIpc) is 2.72. The molecule has 2 aromatic carbocycles. The molecule has 0 aliphatic carbocycles. The molecule has 1 atom stereocenters. The first kappa shape index (κ1) is 22.5. The van der Waals surface area contributed by atoms with Crippen LogP contribution >= 0.6 is 11.6 Å². The number of aryl methyl sites for hydroxylation is 1. The van der Waals surface area contributed by atoms with Gasteiger partial charge in [-0.3, -0.25) is 0 Å². The Morgan fingerprint density at radius 2 is 1.93 bits per heavy atom. The second kappa shape index (κ2) is 9.76. The lowest BCUT2D eigenvalue weighted by Crippen LogP contribution is -2.45. The number of nitrogens with zero attached hydrogens (tertiary/aromatic N) is 1. The minimum atomic E-state index is -3.73. The molecule has 3 rings (SSSR count). The molecule has 0 aromatic heterocycles. The maximum atomic E-state index is 13.6. The Bertz CT molecular complexity index is 999. The van der Waals surface area contributed by atoms with Crippen LogP contribution in [-0.4, -0.2) is 37.9 Å². The van der Waals surface area contributed by atoms with Gasteiger partial charge in [-0.2, -0.15) is 4.31 Å². The van der Waals surface area contributed by atoms with Gasteiger partial charge in [-0.05, 0) is 74.2 Å². The van der Waals surface area contributed by atoms with E-state index in [2.05, 4.69) is 10.6 Å². The largest absolute Gasteiger partial charge is 0.338 e. The number of sulfonamides is 1. The minimum absolute atomic E-state index is 0.0988. The molecule has 1 aliphatic heterocycles. The molecule has 2 amide bonds. The standard InChI is InChI=1S/C21H25ClFN3O3S/c1-15-14-19(9-10-20(15)23)30(28,29)26-13-3-2-4-18(26)11-12-24-21(27)25-17-7-5-16(22)6-8-17/h5-10,14,18H,2-4,11-13H2,1H3,(H2,24,25,27)/t18-/m0/s1. The third-order valence-electron chi connectivity index (χ3n) is 5.17. The van der Waals surface area contributed by atoms with Crippen molar-refractivity contribution in [3.05, 3.63) is 58.9 Å². The number of carbonyl (C=O) groups excluding carboxylic acids is 1. The van der Waals surface area contributed by atoms with Crippen molar-refractivity contribution in [2.24, 2.45) is 0 Å². The number of amides is 2. The van der Waals surface area contributed by atoms with Gasteiger partial charge in [0.15, 0.2) is 0 Å². The summed E-state index contributed by atoms with van der Waals surface area (Å²) < 4.78 is 41.3. The quantitative estimate of drug-likeness (QED) is 0.673. The fourth-order valence-corrected chi connectivity index (χ4v) is 5.49. The predicted molar refractivity (Wildman–Crippen MR) is 116 cm³/mol. The molecular formula is C21H25ClFN3O3S. The summed E-state index contributed by atoms with van der Waals surface area (Å²) in [5.74, 6) is -0.431. The van der Waals surface area contributed by atoms with Crippen LogP contribution in [0.3, 0.4) is 0 Å². The van der Waals surface area contributed by atoms with Crippen LogP contribution in [0.4, 0.5) is 14.9 Å². The summed E-state index contributed by atoms with van der Waals surface area (Å²) in [6.07, 6.45) is 2.92. The van der Waals surface area contributed by atoms with E-state index >= 15 is 0 Å². The third kappa shape index (κ3) is 5.50. The van der Waals surface area contributed by atoms with Crippen molar-refractivity contribution < 1.29 is 17.6 Å². The highest BCUT2D eigenvalue weighted by atomic mass is 35.5. The highest BCUT2D eigenvalue weighted by Gasteiger charge is 2.33. The molecule has 0 radical (unpaired) electrons. The number of piperidine rings is 1. The van der Waals surface area contributed by atoms with E-state index in [1.54, 1.807) is 31.2 Å². The lowest BCUT2D eigenvalue weighted by Gasteiger charge is -2.34. The van der Waals surface area contributed by atoms with Crippen LogP contribution in [0.2, 0.25) is 5.02 Å². The number of anilines is 1. The topological polar surface area (TPSA) is 78.5 Å². The van der Waals surface area contributed by atoms with Crippen LogP contribution in [-0.2, 0) is 10.0 Å². The number of rotatable bonds is 6. The Morgan fingerprint density at radius 1 is 1.20 bits per heavy atom. The van der Waals surface area contributed by atoms with Gasteiger partial charge in [0.2, 0.25) is 10.0 Å². The molecule has 1 heterocycles. The van der Waals surface area contributed by atoms with Gasteiger partial charge >= 0.3 is 6.03 Å². The van der Waals surface area contributed by atoms with Crippen LogP contribution < -0.4 is 10.6 Å². The van der Waals surface area contributed by atoms with Gasteiger partial charge in [0.05, 0.1) is 4.90 Å². The first-order valence-corrected chi connectivity index (χ1v) is 11.7. The normalized spacial score (nSPS) is 17.5. The van der Waals surface area contributed by atoms with Crippen molar-refractivity contribution >= 4 is 33.3 Å². The van der Waals surface area contributed by atoms with E-state index in [1.807, 2.05) is 0 Å². The average molecular weight is 454 g/mol. The first-order valence-electron chi connectivity index (χ1n) is 9.86. The van der Waals surface area contributed by atoms with E-state index < -0.39 is 15.8 Å². The maximum Gasteiger partial charge on any atom is 0.319 e. The summed E-state index contributed by atoms with van der Waals surface area (Å²) in [5.41, 5.74) is 0.913. The van der Waals surface area contributed by atoms with Gasteiger partial charge in [-0.15, -0.1) is 0 Å². The summed E-state index contributed by atoms with van der Waals surface area (Å²) in [6.45, 7) is 2.30. The van der Waals surface area contributed by atoms with Crippen molar-refractivity contribution in [1.29, 1.82) is 0 Å². The zero-order valence-corrected chi connectivity index (χ0v) is 18.3. The van der Waals surface area contributed by atoms with E-state index in [4.69, 9.17) is 11.6 Å². The molecule has 2 aromatic rings. The number of hydrogen-bond acceptors (Lipinski definition) is 3. The van der Waals surface area contributed by atoms with E-state index in [1.165, 1.54) is 22.5 Å². The number of hydrogen-bond donors (Lipinski definition) is 2. The van der Waals surface area contributed by atoms with Gasteiger partial charge in [0.25, 0.3) is 0 Å². The van der Waals surface area contributed by atoms with Crippen LogP contribution in [0.25, 0.3) is 0 Å². The summed E-state index contributed by atoms with van der Waals surface area (Å²) >= 11 is 5.83. The van der Waals surface area contributed by atoms with Crippen molar-refractivity contribution in [2.75, 3.05) is 18.4 Å². The Labute approximate surface area is 181 Å². The summed E-state index contributed by atoms with van der Waals surface area (Å²) in [5, 5.41) is 6.06. The molecular weight excluding hydrogens is 429 g/mol. The Kier molecular flexibility index (Phi) is 7.33. The lowest BCUT2D eigenvalue weighted by atomic mass is 10.0. The van der Waals surface area contributed by atoms with E-state index in [0.29, 0.717) is 35.8 Å². The van der Waals surface area contributed by atoms with Crippen molar-refractivity contribution in [3.8, 4) is 0 Å². The fraction of sp³-hybridized carbons (Fsp3) is 0.381. The molecule has 1 fully saturated rings. The number of nitrogens with one attached hydrogen (secondary N) is 2. The van der Waals surface area contributed by atoms with E-state index in [-0.39, 0.29) is 17.0 Å². The summed E-state index contributed by atoms with van der Waals surface area (Å²) in [4.78, 5) is 12.2. The highest BCUT2D eigenvalue weighted by Crippen LogP contribution is 2.27. The van der Waals surface area contributed by atoms with Crippen molar-refractivity contribution in [1.82, 2.24) is 9.62 Å². The molecule has 0 unspecified atom stereocenters. The van der Waals surface area contributed by atoms with Crippen LogP contribution in [0, 0.1) is 12.7 Å². The first-order chi connectivity index (χ1) is 14.3.